The van der Waals surface area contributed by atoms with Crippen LogP contribution in [0.3, 0.4) is 0 Å². The third-order valence-electron chi connectivity index (χ3n) is 3.44. The lowest BCUT2D eigenvalue weighted by Gasteiger charge is -2.06. The molecule has 102 valence electrons. The molecule has 0 bridgehead atoms. The van der Waals surface area contributed by atoms with Gasteiger partial charge in [0.15, 0.2) is 0 Å². The smallest absolute Gasteiger partial charge is 0.137 e. The van der Waals surface area contributed by atoms with Gasteiger partial charge in [0.2, 0.25) is 0 Å². The number of rotatable bonds is 2. The number of nitrogens with zero attached hydrogens (tertiary/aromatic N) is 4. The van der Waals surface area contributed by atoms with Crippen LogP contribution in [0.2, 0.25) is 0 Å². The summed E-state index contributed by atoms with van der Waals surface area (Å²) in [5.41, 5.74) is 10.5. The molecule has 0 saturated carbocycles. The second-order valence-electron chi connectivity index (χ2n) is 4.84. The van der Waals surface area contributed by atoms with Crippen LogP contribution in [0, 0.1) is 0 Å². The van der Waals surface area contributed by atoms with E-state index < -0.39 is 0 Å². The summed E-state index contributed by atoms with van der Waals surface area (Å²) >= 11 is 0. The molecule has 2 N–H and O–H groups in total. The van der Waals surface area contributed by atoms with E-state index in [-0.39, 0.29) is 0 Å². The third-order valence-corrected chi connectivity index (χ3v) is 3.44. The van der Waals surface area contributed by atoms with Crippen molar-refractivity contribution in [3.63, 3.8) is 0 Å². The van der Waals surface area contributed by atoms with Crippen LogP contribution in [0.15, 0.2) is 67.3 Å². The predicted molar refractivity (Wildman–Crippen MR) is 82.2 cm³/mol. The Hall–Kier alpha value is -3.08. The predicted octanol–water partition coefficient (Wildman–Crippen LogP) is 2.77. The van der Waals surface area contributed by atoms with Crippen LogP contribution in [0.25, 0.3) is 22.6 Å². The summed E-state index contributed by atoms with van der Waals surface area (Å²) in [6, 6.07) is 13.7. The van der Waals surface area contributed by atoms with Crippen molar-refractivity contribution >= 4 is 11.3 Å². The van der Waals surface area contributed by atoms with Crippen LogP contribution in [-0.4, -0.2) is 19.2 Å². The van der Waals surface area contributed by atoms with Crippen molar-refractivity contribution in [3.05, 3.63) is 67.3 Å². The Morgan fingerprint density at radius 3 is 2.81 bits per heavy atom. The Labute approximate surface area is 121 Å². The topological polar surface area (TPSA) is 61.1 Å². The Balaban J connectivity index is 1.92. The molecule has 0 atom stereocenters. The number of imidazole rings is 1. The van der Waals surface area contributed by atoms with E-state index in [9.17, 15) is 0 Å². The normalized spacial score (nSPS) is 11.0. The van der Waals surface area contributed by atoms with Gasteiger partial charge in [-0.25, -0.2) is 9.67 Å². The first-order valence-electron chi connectivity index (χ1n) is 6.64. The molecule has 4 aromatic rings. The van der Waals surface area contributed by atoms with Crippen molar-refractivity contribution in [2.24, 2.45) is 0 Å². The van der Waals surface area contributed by atoms with E-state index in [0.717, 1.165) is 28.3 Å². The minimum absolute atomic E-state index is 0.741. The van der Waals surface area contributed by atoms with E-state index in [4.69, 9.17) is 5.73 Å². The molecule has 1 aromatic carbocycles. The molecule has 3 aromatic heterocycles. The average Bonchev–Trinajstić information content (AvgIpc) is 3.16. The van der Waals surface area contributed by atoms with E-state index in [1.807, 2.05) is 70.1 Å². The first-order valence-corrected chi connectivity index (χ1v) is 6.64. The molecule has 0 aliphatic heterocycles. The van der Waals surface area contributed by atoms with Crippen molar-refractivity contribution in [2.45, 2.75) is 0 Å². The van der Waals surface area contributed by atoms with Gasteiger partial charge in [0, 0.05) is 29.8 Å². The lowest BCUT2D eigenvalue weighted by atomic mass is 10.1. The van der Waals surface area contributed by atoms with Gasteiger partial charge in [-0.15, -0.1) is 0 Å². The van der Waals surface area contributed by atoms with E-state index in [1.54, 1.807) is 6.20 Å². The summed E-state index contributed by atoms with van der Waals surface area (Å²) in [5, 5.41) is 4.26. The van der Waals surface area contributed by atoms with E-state index in [0.29, 0.717) is 0 Å². The molecule has 3 heterocycles. The quantitative estimate of drug-likeness (QED) is 0.572. The molecule has 0 spiro atoms. The van der Waals surface area contributed by atoms with Gasteiger partial charge in [0.25, 0.3) is 0 Å². The minimum Gasteiger partial charge on any atom is -0.399 e. The fourth-order valence-corrected chi connectivity index (χ4v) is 2.44. The maximum atomic E-state index is 5.87. The highest BCUT2D eigenvalue weighted by molar-refractivity contribution is 5.67. The zero-order chi connectivity index (χ0) is 14.2. The standard InChI is InChI=1S/C16H13N5/c17-13-4-1-3-12(9-13)15-10-18-16-6-5-14(11-20(15)16)21-8-2-7-19-21/h1-11H,17H2. The number of pyridine rings is 1. The van der Waals surface area contributed by atoms with Crippen molar-refractivity contribution in [1.82, 2.24) is 19.2 Å². The molecular weight excluding hydrogens is 262 g/mol. The van der Waals surface area contributed by atoms with Gasteiger partial charge in [0.05, 0.1) is 17.6 Å². The molecule has 0 fully saturated rings. The van der Waals surface area contributed by atoms with E-state index >= 15 is 0 Å². The number of anilines is 1. The van der Waals surface area contributed by atoms with Crippen molar-refractivity contribution in [2.75, 3.05) is 5.73 Å². The van der Waals surface area contributed by atoms with Crippen molar-refractivity contribution in [1.29, 1.82) is 0 Å². The summed E-state index contributed by atoms with van der Waals surface area (Å²) < 4.78 is 3.87. The molecule has 0 saturated heterocycles. The molecule has 0 aliphatic carbocycles. The zero-order valence-electron chi connectivity index (χ0n) is 11.2. The summed E-state index contributed by atoms with van der Waals surface area (Å²) in [4.78, 5) is 4.44. The number of hydrogen-bond donors (Lipinski definition) is 1. The molecule has 21 heavy (non-hydrogen) atoms. The lowest BCUT2D eigenvalue weighted by Crippen LogP contribution is -1.97. The Morgan fingerprint density at radius 1 is 1.05 bits per heavy atom. The lowest BCUT2D eigenvalue weighted by molar-refractivity contribution is 0.871. The van der Waals surface area contributed by atoms with E-state index in [2.05, 4.69) is 10.1 Å². The van der Waals surface area contributed by atoms with Crippen LogP contribution >= 0.6 is 0 Å². The molecule has 5 nitrogen and oxygen atoms in total. The Morgan fingerprint density at radius 2 is 2.00 bits per heavy atom. The first kappa shape index (κ1) is 11.7. The SMILES string of the molecule is Nc1cccc(-c2cnc3ccc(-n4cccn4)cn23)c1. The first-order chi connectivity index (χ1) is 10.3. The highest BCUT2D eigenvalue weighted by Crippen LogP contribution is 2.23. The number of hydrogen-bond acceptors (Lipinski definition) is 3. The number of fused-ring (bicyclic) bond motifs is 1. The second-order valence-corrected chi connectivity index (χ2v) is 4.84. The van der Waals surface area contributed by atoms with E-state index in [1.165, 1.54) is 0 Å². The van der Waals surface area contributed by atoms with Gasteiger partial charge < -0.3 is 5.73 Å². The number of benzene rings is 1. The highest BCUT2D eigenvalue weighted by Gasteiger charge is 2.07. The summed E-state index contributed by atoms with van der Waals surface area (Å²) in [7, 11) is 0. The van der Waals surface area contributed by atoms with Crippen molar-refractivity contribution < 1.29 is 0 Å². The Bertz CT molecular complexity index is 905. The molecular formula is C16H13N5. The largest absolute Gasteiger partial charge is 0.399 e. The van der Waals surface area contributed by atoms with Gasteiger partial charge in [-0.3, -0.25) is 4.40 Å². The molecule has 5 heteroatoms. The summed E-state index contributed by atoms with van der Waals surface area (Å²) in [6.07, 6.45) is 7.56. The minimum atomic E-state index is 0.741. The highest BCUT2D eigenvalue weighted by atomic mass is 15.3. The molecule has 0 aliphatic rings. The van der Waals surface area contributed by atoms with Crippen LogP contribution in [-0.2, 0) is 0 Å². The molecule has 0 unspecified atom stereocenters. The third kappa shape index (κ3) is 1.95. The molecule has 0 amide bonds. The molecule has 0 radical (unpaired) electrons. The summed E-state index contributed by atoms with van der Waals surface area (Å²) in [5.74, 6) is 0. The van der Waals surface area contributed by atoms with Crippen LogP contribution < -0.4 is 5.73 Å². The van der Waals surface area contributed by atoms with Crippen LogP contribution in [0.1, 0.15) is 0 Å². The van der Waals surface area contributed by atoms with Gasteiger partial charge in [-0.05, 0) is 30.3 Å². The monoisotopic (exact) mass is 275 g/mol. The number of nitrogen functional groups attached to an aromatic ring is 1. The van der Waals surface area contributed by atoms with Crippen LogP contribution in [0.5, 0.6) is 0 Å². The molecule has 4 rings (SSSR count). The van der Waals surface area contributed by atoms with Crippen molar-refractivity contribution in [3.8, 4) is 16.9 Å². The Kier molecular flexibility index (Phi) is 2.50. The van der Waals surface area contributed by atoms with Gasteiger partial charge in [0.1, 0.15) is 5.65 Å². The maximum absolute atomic E-state index is 5.87. The number of aromatic nitrogens is 4. The average molecular weight is 275 g/mol. The summed E-state index contributed by atoms with van der Waals surface area (Å²) in [6.45, 7) is 0. The van der Waals surface area contributed by atoms with Gasteiger partial charge >= 0.3 is 0 Å². The van der Waals surface area contributed by atoms with Crippen LogP contribution in [0.4, 0.5) is 5.69 Å². The zero-order valence-corrected chi connectivity index (χ0v) is 11.2. The van der Waals surface area contributed by atoms with Gasteiger partial charge in [-0.2, -0.15) is 5.10 Å². The fraction of sp³-hybridized carbons (Fsp3) is 0. The maximum Gasteiger partial charge on any atom is 0.137 e. The fourth-order valence-electron chi connectivity index (χ4n) is 2.44. The second kappa shape index (κ2) is 4.49. The van der Waals surface area contributed by atoms with Gasteiger partial charge in [-0.1, -0.05) is 12.1 Å². The number of nitrogens with two attached hydrogens (primary N) is 1.